The summed E-state index contributed by atoms with van der Waals surface area (Å²) >= 11 is 0. The Labute approximate surface area is 140 Å². The van der Waals surface area contributed by atoms with E-state index >= 15 is 0 Å². The zero-order chi connectivity index (χ0) is 16.9. The molecule has 0 aliphatic carbocycles. The lowest BCUT2D eigenvalue weighted by molar-refractivity contribution is -0.134. The molecule has 1 atom stereocenters. The third-order valence-electron chi connectivity index (χ3n) is 4.37. The van der Waals surface area contributed by atoms with Crippen LogP contribution in [0.25, 0.3) is 10.9 Å². The number of rotatable bonds is 7. The molecule has 0 unspecified atom stereocenters. The number of carbonyl (C=O) groups is 1. The summed E-state index contributed by atoms with van der Waals surface area (Å²) in [7, 11) is 0. The number of nitrogens with one attached hydrogen (secondary N) is 1. The predicted octanol–water partition coefficient (Wildman–Crippen LogP) is 3.10. The molecule has 0 bridgehead atoms. The number of para-hydroxylation sites is 1. The second-order valence-electron chi connectivity index (χ2n) is 5.88. The van der Waals surface area contributed by atoms with E-state index in [0.29, 0.717) is 25.1 Å². The van der Waals surface area contributed by atoms with Gasteiger partial charge in [-0.1, -0.05) is 25.1 Å². The van der Waals surface area contributed by atoms with Gasteiger partial charge in [0.25, 0.3) is 0 Å². The number of H-pyrrole nitrogens is 1. The molecular formula is C19H22N2O3. The first-order chi connectivity index (χ1) is 11.7. The summed E-state index contributed by atoms with van der Waals surface area (Å²) in [4.78, 5) is 17.8. The van der Waals surface area contributed by atoms with Crippen LogP contribution in [-0.2, 0) is 17.8 Å². The molecule has 0 aliphatic heterocycles. The minimum atomic E-state index is -0.215. The Morgan fingerprint density at radius 1 is 1.29 bits per heavy atom. The van der Waals surface area contributed by atoms with Crippen molar-refractivity contribution >= 4 is 16.8 Å². The van der Waals surface area contributed by atoms with E-state index in [0.717, 1.165) is 16.5 Å². The summed E-state index contributed by atoms with van der Waals surface area (Å²) in [5, 5.41) is 10.7. The summed E-state index contributed by atoms with van der Waals surface area (Å²) in [6.45, 7) is 2.28. The van der Waals surface area contributed by atoms with Crippen molar-refractivity contribution in [3.63, 3.8) is 0 Å². The third-order valence-corrected chi connectivity index (χ3v) is 4.37. The molecule has 2 aromatic heterocycles. The zero-order valence-corrected chi connectivity index (χ0v) is 13.7. The Morgan fingerprint density at radius 3 is 2.83 bits per heavy atom. The van der Waals surface area contributed by atoms with E-state index in [-0.39, 0.29) is 18.6 Å². The Kier molecular flexibility index (Phi) is 5.01. The second-order valence-corrected chi connectivity index (χ2v) is 5.88. The zero-order valence-electron chi connectivity index (χ0n) is 13.7. The highest BCUT2D eigenvalue weighted by Crippen LogP contribution is 2.20. The average Bonchev–Trinajstić information content (AvgIpc) is 3.25. The monoisotopic (exact) mass is 326 g/mol. The van der Waals surface area contributed by atoms with Gasteiger partial charge in [0.05, 0.1) is 31.9 Å². The van der Waals surface area contributed by atoms with Crippen LogP contribution in [0, 0.1) is 0 Å². The van der Waals surface area contributed by atoms with E-state index in [2.05, 4.69) is 4.98 Å². The number of fused-ring (bicyclic) bond motifs is 1. The number of hydrogen-bond donors (Lipinski definition) is 2. The lowest BCUT2D eigenvalue weighted by Gasteiger charge is -2.29. The minimum absolute atomic E-state index is 0.0166. The minimum Gasteiger partial charge on any atom is -0.467 e. The number of benzene rings is 1. The van der Waals surface area contributed by atoms with Crippen LogP contribution in [0.3, 0.4) is 0 Å². The highest BCUT2D eigenvalue weighted by atomic mass is 16.3. The van der Waals surface area contributed by atoms with Gasteiger partial charge in [0.15, 0.2) is 0 Å². The number of carbonyl (C=O) groups excluding carboxylic acids is 1. The van der Waals surface area contributed by atoms with E-state index in [9.17, 15) is 9.90 Å². The maximum Gasteiger partial charge on any atom is 0.227 e. The number of hydrogen-bond acceptors (Lipinski definition) is 3. The van der Waals surface area contributed by atoms with Crippen LogP contribution < -0.4 is 0 Å². The van der Waals surface area contributed by atoms with E-state index in [4.69, 9.17) is 4.42 Å². The highest BCUT2D eigenvalue weighted by Gasteiger charge is 2.24. The van der Waals surface area contributed by atoms with E-state index in [1.165, 1.54) is 0 Å². The van der Waals surface area contributed by atoms with Gasteiger partial charge < -0.3 is 19.4 Å². The standard InChI is InChI=1S/C19H22N2O3/c1-2-15(13-22)21(12-16-6-5-9-24-16)19(23)10-14-11-20-18-8-4-3-7-17(14)18/h3-9,11,15,20,22H,2,10,12-13H2,1H3/t15-/m0/s1. The normalized spacial score (nSPS) is 12.4. The van der Waals surface area contributed by atoms with Crippen LogP contribution >= 0.6 is 0 Å². The predicted molar refractivity (Wildman–Crippen MR) is 92.4 cm³/mol. The van der Waals surface area contributed by atoms with Crippen LogP contribution in [0.1, 0.15) is 24.7 Å². The van der Waals surface area contributed by atoms with Gasteiger partial charge in [0.1, 0.15) is 5.76 Å². The van der Waals surface area contributed by atoms with Gasteiger partial charge in [-0.2, -0.15) is 0 Å². The van der Waals surface area contributed by atoms with Crippen LogP contribution in [0.4, 0.5) is 0 Å². The number of furan rings is 1. The van der Waals surface area contributed by atoms with Crippen molar-refractivity contribution in [3.05, 3.63) is 60.2 Å². The van der Waals surface area contributed by atoms with Crippen LogP contribution in [0.5, 0.6) is 0 Å². The molecule has 5 nitrogen and oxygen atoms in total. The lowest BCUT2D eigenvalue weighted by atomic mass is 10.1. The number of aromatic nitrogens is 1. The fourth-order valence-corrected chi connectivity index (χ4v) is 2.98. The quantitative estimate of drug-likeness (QED) is 0.701. The molecule has 1 amide bonds. The van der Waals surface area contributed by atoms with Crippen LogP contribution in [0.2, 0.25) is 0 Å². The number of amides is 1. The van der Waals surface area contributed by atoms with Gasteiger partial charge in [-0.05, 0) is 30.2 Å². The van der Waals surface area contributed by atoms with Gasteiger partial charge in [-0.25, -0.2) is 0 Å². The summed E-state index contributed by atoms with van der Waals surface area (Å²) < 4.78 is 5.38. The van der Waals surface area contributed by atoms with Crippen molar-refractivity contribution < 1.29 is 14.3 Å². The molecule has 0 saturated heterocycles. The first kappa shape index (κ1) is 16.3. The van der Waals surface area contributed by atoms with Crippen molar-refractivity contribution in [1.29, 1.82) is 0 Å². The summed E-state index contributed by atoms with van der Waals surface area (Å²) in [6, 6.07) is 11.4. The SMILES string of the molecule is CC[C@@H](CO)N(Cc1ccco1)C(=O)Cc1c[nH]c2ccccc12. The van der Waals surface area contributed by atoms with Crippen molar-refractivity contribution in [2.24, 2.45) is 0 Å². The molecule has 0 fully saturated rings. The Morgan fingerprint density at radius 2 is 2.12 bits per heavy atom. The third kappa shape index (κ3) is 3.36. The molecule has 2 N–H and O–H groups in total. The van der Waals surface area contributed by atoms with E-state index in [1.807, 2.05) is 43.5 Å². The lowest BCUT2D eigenvalue weighted by Crippen LogP contribution is -2.42. The van der Waals surface area contributed by atoms with Gasteiger partial charge >= 0.3 is 0 Å². The van der Waals surface area contributed by atoms with Gasteiger partial charge in [-0.3, -0.25) is 4.79 Å². The number of aromatic amines is 1. The largest absolute Gasteiger partial charge is 0.467 e. The highest BCUT2D eigenvalue weighted by molar-refractivity contribution is 5.89. The fraction of sp³-hybridized carbons (Fsp3) is 0.316. The van der Waals surface area contributed by atoms with Crippen LogP contribution in [0.15, 0.2) is 53.3 Å². The molecule has 3 aromatic rings. The van der Waals surface area contributed by atoms with Gasteiger partial charge in [-0.15, -0.1) is 0 Å². The molecule has 5 heteroatoms. The smallest absolute Gasteiger partial charge is 0.227 e. The van der Waals surface area contributed by atoms with Crippen molar-refractivity contribution in [2.45, 2.75) is 32.4 Å². The van der Waals surface area contributed by atoms with E-state index < -0.39 is 0 Å². The van der Waals surface area contributed by atoms with Crippen molar-refractivity contribution in [3.8, 4) is 0 Å². The molecule has 0 radical (unpaired) electrons. The molecule has 1 aromatic carbocycles. The maximum absolute atomic E-state index is 12.9. The Hall–Kier alpha value is -2.53. The summed E-state index contributed by atoms with van der Waals surface area (Å²) in [5.41, 5.74) is 1.99. The van der Waals surface area contributed by atoms with Crippen molar-refractivity contribution in [1.82, 2.24) is 9.88 Å². The average molecular weight is 326 g/mol. The second kappa shape index (κ2) is 7.36. The number of aliphatic hydroxyl groups is 1. The van der Waals surface area contributed by atoms with E-state index in [1.54, 1.807) is 17.2 Å². The molecule has 3 rings (SSSR count). The first-order valence-electron chi connectivity index (χ1n) is 8.20. The molecule has 126 valence electrons. The molecule has 0 aliphatic rings. The molecule has 24 heavy (non-hydrogen) atoms. The number of aliphatic hydroxyl groups excluding tert-OH is 1. The van der Waals surface area contributed by atoms with Crippen LogP contribution in [-0.4, -0.2) is 33.5 Å². The summed E-state index contributed by atoms with van der Waals surface area (Å²) in [6.07, 6.45) is 4.46. The fourth-order valence-electron chi connectivity index (χ4n) is 2.98. The number of nitrogens with zero attached hydrogens (tertiary/aromatic N) is 1. The summed E-state index contributed by atoms with van der Waals surface area (Å²) in [5.74, 6) is 0.700. The Bertz CT molecular complexity index is 788. The molecule has 2 heterocycles. The topological polar surface area (TPSA) is 69.5 Å². The molecule has 0 spiro atoms. The maximum atomic E-state index is 12.9. The van der Waals surface area contributed by atoms with Gasteiger partial charge in [0, 0.05) is 17.1 Å². The van der Waals surface area contributed by atoms with Crippen molar-refractivity contribution in [2.75, 3.05) is 6.61 Å². The molecule has 0 saturated carbocycles. The Balaban J connectivity index is 1.82. The molecular weight excluding hydrogens is 304 g/mol. The van der Waals surface area contributed by atoms with Gasteiger partial charge in [0.2, 0.25) is 5.91 Å². The first-order valence-corrected chi connectivity index (χ1v) is 8.20.